The lowest BCUT2D eigenvalue weighted by atomic mass is 10.0. The molecule has 1 unspecified atom stereocenters. The lowest BCUT2D eigenvalue weighted by Crippen LogP contribution is -2.47. The SMILES string of the molecule is Cc1ccc(S(=O)(=O)OCCCCNc2ncc3cc(N4CCN(C(=O)OCc5ccccc5)c5c(C)cccc54)c(=O)n(C4CCCN(C(=O)OC(C)(C)C)C4)c3n2)cc1. The van der Waals surface area contributed by atoms with Crippen molar-refractivity contribution in [2.45, 2.75) is 83.4 Å². The standard InChI is InChI=1S/C45H53N7O8S/c1-31-18-20-36(21-19-31)61(56,57)59-26-10-9-22-46-42-47-28-34-27-38(41(53)52(40(34)48-42)35-16-12-23-49(29-35)43(54)60-45(3,4)5)50-24-25-51(39-32(2)13-11-17-37(39)50)44(55)58-30-33-14-7-6-8-15-33/h6-8,11,13-15,17-21,27-28,35H,9-10,12,16,22-26,29-30H2,1-5H3,(H,46,47,48). The van der Waals surface area contributed by atoms with Gasteiger partial charge >= 0.3 is 12.2 Å². The molecule has 322 valence electrons. The number of carbonyl (C=O) groups excluding carboxylic acids is 2. The molecule has 0 saturated carbocycles. The van der Waals surface area contributed by atoms with E-state index in [1.807, 2.05) is 88.0 Å². The summed E-state index contributed by atoms with van der Waals surface area (Å²) in [6, 6.07) is 23.1. The number of unbranched alkanes of at least 4 members (excludes halogenated alkanes) is 1. The van der Waals surface area contributed by atoms with E-state index in [9.17, 15) is 18.0 Å². The van der Waals surface area contributed by atoms with Gasteiger partial charge in [0, 0.05) is 44.3 Å². The predicted molar refractivity (Wildman–Crippen MR) is 234 cm³/mol. The van der Waals surface area contributed by atoms with Gasteiger partial charge in [0.1, 0.15) is 23.5 Å². The third kappa shape index (κ3) is 10.1. The second kappa shape index (κ2) is 18.3. The number of benzene rings is 3. The lowest BCUT2D eigenvalue weighted by Gasteiger charge is -2.39. The van der Waals surface area contributed by atoms with E-state index in [-0.39, 0.29) is 36.8 Å². The summed E-state index contributed by atoms with van der Waals surface area (Å²) >= 11 is 0. The summed E-state index contributed by atoms with van der Waals surface area (Å²) in [4.78, 5) is 56.7. The fourth-order valence-corrected chi connectivity index (χ4v) is 8.57. The van der Waals surface area contributed by atoms with E-state index in [2.05, 4.69) is 10.3 Å². The van der Waals surface area contributed by atoms with Crippen LogP contribution in [0.5, 0.6) is 0 Å². The van der Waals surface area contributed by atoms with Crippen molar-refractivity contribution in [2.75, 3.05) is 54.4 Å². The molecule has 7 rings (SSSR count). The van der Waals surface area contributed by atoms with Gasteiger partial charge in [-0.2, -0.15) is 13.4 Å². The van der Waals surface area contributed by atoms with E-state index in [1.54, 1.807) is 38.8 Å². The highest BCUT2D eigenvalue weighted by Crippen LogP contribution is 2.40. The highest BCUT2D eigenvalue weighted by atomic mass is 32.2. The lowest BCUT2D eigenvalue weighted by molar-refractivity contribution is 0.0172. The largest absolute Gasteiger partial charge is 0.444 e. The number of ether oxygens (including phenoxy) is 2. The summed E-state index contributed by atoms with van der Waals surface area (Å²) in [5, 5.41) is 3.84. The van der Waals surface area contributed by atoms with Gasteiger partial charge in [-0.05, 0) is 95.7 Å². The molecule has 0 aliphatic carbocycles. The number of nitrogens with zero attached hydrogens (tertiary/aromatic N) is 6. The van der Waals surface area contributed by atoms with Crippen LogP contribution in [-0.4, -0.2) is 85.0 Å². The zero-order valence-corrected chi connectivity index (χ0v) is 36.1. The molecule has 61 heavy (non-hydrogen) atoms. The highest BCUT2D eigenvalue weighted by molar-refractivity contribution is 7.86. The minimum Gasteiger partial charge on any atom is -0.444 e. The van der Waals surface area contributed by atoms with Gasteiger partial charge in [0.25, 0.3) is 15.7 Å². The zero-order chi connectivity index (χ0) is 43.3. The van der Waals surface area contributed by atoms with Gasteiger partial charge in [0.15, 0.2) is 0 Å². The van der Waals surface area contributed by atoms with Crippen LogP contribution < -0.4 is 20.7 Å². The van der Waals surface area contributed by atoms with Crippen molar-refractivity contribution in [1.29, 1.82) is 0 Å². The number of hydrogen-bond acceptors (Lipinski definition) is 12. The first kappa shape index (κ1) is 43.1. The maximum Gasteiger partial charge on any atom is 0.414 e. The number of para-hydroxylation sites is 1. The topological polar surface area (TPSA) is 166 Å². The third-order valence-electron chi connectivity index (χ3n) is 10.6. The van der Waals surface area contributed by atoms with Crippen LogP contribution in [0.2, 0.25) is 0 Å². The molecule has 4 heterocycles. The number of anilines is 4. The second-order valence-corrected chi connectivity index (χ2v) is 18.0. The van der Waals surface area contributed by atoms with Crippen LogP contribution in [0.25, 0.3) is 11.0 Å². The summed E-state index contributed by atoms with van der Waals surface area (Å²) in [5.74, 6) is 0.296. The molecule has 1 atom stereocenters. The van der Waals surface area contributed by atoms with E-state index < -0.39 is 33.9 Å². The molecule has 15 nitrogen and oxygen atoms in total. The number of hydrogen-bond donors (Lipinski definition) is 1. The monoisotopic (exact) mass is 851 g/mol. The summed E-state index contributed by atoms with van der Waals surface area (Å²) in [6.45, 7) is 11.1. The summed E-state index contributed by atoms with van der Waals surface area (Å²) in [7, 11) is -3.86. The predicted octanol–water partition coefficient (Wildman–Crippen LogP) is 7.87. The normalized spacial score (nSPS) is 15.7. The smallest absolute Gasteiger partial charge is 0.414 e. The maximum absolute atomic E-state index is 15.0. The molecule has 16 heteroatoms. The van der Waals surface area contributed by atoms with Gasteiger partial charge in [-0.3, -0.25) is 18.4 Å². The number of piperidine rings is 1. The third-order valence-corrected chi connectivity index (χ3v) is 11.9. The number of fused-ring (bicyclic) bond motifs is 2. The van der Waals surface area contributed by atoms with Crippen LogP contribution in [0, 0.1) is 13.8 Å². The molecular formula is C45H53N7O8S. The van der Waals surface area contributed by atoms with Crippen LogP contribution in [0.1, 0.15) is 69.2 Å². The van der Waals surface area contributed by atoms with E-state index in [0.29, 0.717) is 79.4 Å². The van der Waals surface area contributed by atoms with Gasteiger partial charge in [-0.15, -0.1) is 0 Å². The number of nitrogens with one attached hydrogen (secondary N) is 1. The first-order valence-electron chi connectivity index (χ1n) is 20.6. The Balaban J connectivity index is 1.16. The Labute approximate surface area is 356 Å². The van der Waals surface area contributed by atoms with E-state index in [4.69, 9.17) is 18.6 Å². The average molecular weight is 852 g/mol. The number of amides is 2. The summed E-state index contributed by atoms with van der Waals surface area (Å²) < 4.78 is 43.6. The van der Waals surface area contributed by atoms with Crippen LogP contribution in [-0.2, 0) is 30.4 Å². The number of aryl methyl sites for hydroxylation is 2. The number of aromatic nitrogens is 3. The Morgan fingerprint density at radius 3 is 2.43 bits per heavy atom. The van der Waals surface area contributed by atoms with Gasteiger partial charge in [-0.25, -0.2) is 14.6 Å². The van der Waals surface area contributed by atoms with Crippen molar-refractivity contribution in [3.63, 3.8) is 0 Å². The van der Waals surface area contributed by atoms with Gasteiger partial charge in [0.05, 0.1) is 28.9 Å². The first-order chi connectivity index (χ1) is 29.2. The van der Waals surface area contributed by atoms with E-state index in [1.165, 1.54) is 12.1 Å². The maximum atomic E-state index is 15.0. The highest BCUT2D eigenvalue weighted by Gasteiger charge is 2.34. The van der Waals surface area contributed by atoms with Crippen LogP contribution in [0.15, 0.2) is 94.7 Å². The average Bonchev–Trinajstić information content (AvgIpc) is 3.23. The molecule has 1 fully saturated rings. The van der Waals surface area contributed by atoms with Crippen molar-refractivity contribution in [3.8, 4) is 0 Å². The van der Waals surface area contributed by atoms with Crippen LogP contribution in [0.3, 0.4) is 0 Å². The van der Waals surface area contributed by atoms with Crippen molar-refractivity contribution in [3.05, 3.63) is 112 Å². The molecule has 2 aliphatic rings. The molecule has 0 bridgehead atoms. The molecule has 2 aliphatic heterocycles. The fourth-order valence-electron chi connectivity index (χ4n) is 7.62. The zero-order valence-electron chi connectivity index (χ0n) is 35.3. The Hall–Kier alpha value is -6.00. The molecule has 0 radical (unpaired) electrons. The quantitative estimate of drug-likeness (QED) is 0.0955. The number of rotatable bonds is 12. The Morgan fingerprint density at radius 1 is 0.902 bits per heavy atom. The van der Waals surface area contributed by atoms with Crippen molar-refractivity contribution in [2.24, 2.45) is 0 Å². The number of pyridine rings is 1. The molecule has 2 amide bonds. The van der Waals surface area contributed by atoms with Crippen LogP contribution >= 0.6 is 0 Å². The minimum absolute atomic E-state index is 0.0143. The van der Waals surface area contributed by atoms with Crippen molar-refractivity contribution in [1.82, 2.24) is 19.4 Å². The van der Waals surface area contributed by atoms with Gasteiger partial charge in [-0.1, -0.05) is 60.2 Å². The number of likely N-dealkylation sites (tertiary alicyclic amines) is 1. The first-order valence-corrected chi connectivity index (χ1v) is 22.0. The minimum atomic E-state index is -3.86. The molecule has 2 aromatic heterocycles. The Morgan fingerprint density at radius 2 is 1.67 bits per heavy atom. The summed E-state index contributed by atoms with van der Waals surface area (Å²) in [6.07, 6.45) is 3.03. The van der Waals surface area contributed by atoms with Crippen molar-refractivity contribution < 1.29 is 31.7 Å². The molecule has 1 saturated heterocycles. The molecule has 0 spiro atoms. The summed E-state index contributed by atoms with van der Waals surface area (Å²) in [5.41, 5.74) is 3.81. The fraction of sp³-hybridized carbons (Fsp3) is 0.400. The molecular weight excluding hydrogens is 799 g/mol. The molecule has 3 aromatic carbocycles. The molecule has 1 N–H and O–H groups in total. The Kier molecular flexibility index (Phi) is 12.9. The van der Waals surface area contributed by atoms with E-state index >= 15 is 4.79 Å². The Bertz CT molecular complexity index is 2540. The van der Waals surface area contributed by atoms with Gasteiger partial charge in [0.2, 0.25) is 5.95 Å². The second-order valence-electron chi connectivity index (χ2n) is 16.4. The van der Waals surface area contributed by atoms with Crippen molar-refractivity contribution >= 4 is 56.3 Å². The molecule has 5 aromatic rings. The van der Waals surface area contributed by atoms with Gasteiger partial charge < -0.3 is 24.6 Å². The van der Waals surface area contributed by atoms with E-state index in [0.717, 1.165) is 16.7 Å². The van der Waals surface area contributed by atoms with Crippen LogP contribution in [0.4, 0.5) is 32.6 Å². The number of carbonyl (C=O) groups is 2.